The molecular formula is C6H16BrNO2. The van der Waals surface area contributed by atoms with Gasteiger partial charge in [-0.2, -0.15) is 0 Å². The lowest BCUT2D eigenvalue weighted by Gasteiger charge is -2.17. The van der Waals surface area contributed by atoms with E-state index >= 15 is 0 Å². The molecule has 3 nitrogen and oxygen atoms in total. The Morgan fingerprint density at radius 3 is 2.10 bits per heavy atom. The molecule has 64 valence electrons. The van der Waals surface area contributed by atoms with Gasteiger partial charge in [-0.25, -0.2) is 0 Å². The van der Waals surface area contributed by atoms with Gasteiger partial charge in [0.2, 0.25) is 0 Å². The fraction of sp³-hybridized carbons (Fsp3) is 1.00. The van der Waals surface area contributed by atoms with Crippen LogP contribution in [0, 0.1) is 0 Å². The number of aliphatic hydroxyl groups is 2. The van der Waals surface area contributed by atoms with Crippen molar-refractivity contribution in [3.63, 3.8) is 0 Å². The summed E-state index contributed by atoms with van der Waals surface area (Å²) in [5.74, 6) is 0. The van der Waals surface area contributed by atoms with Crippen LogP contribution < -0.4 is 5.32 Å². The van der Waals surface area contributed by atoms with Gasteiger partial charge in [-0.05, 0) is 13.5 Å². The Morgan fingerprint density at radius 1 is 1.50 bits per heavy atom. The first-order valence-electron chi connectivity index (χ1n) is 3.22. The van der Waals surface area contributed by atoms with E-state index < -0.39 is 6.10 Å². The molecule has 3 N–H and O–H groups in total. The quantitative estimate of drug-likeness (QED) is 0.613. The number of halogens is 1. The van der Waals surface area contributed by atoms with Gasteiger partial charge in [0.15, 0.2) is 0 Å². The molecule has 4 heteroatoms. The second-order valence-electron chi connectivity index (χ2n) is 2.05. The molecule has 2 atom stereocenters. The number of hydrogen-bond acceptors (Lipinski definition) is 3. The standard InChI is InChI=1S/C6H15NO2.BrH/c1-3-6(9)5(4-8)7-2;/h5-9H,3-4H2,1-2H3;1H. The molecule has 0 radical (unpaired) electrons. The minimum absolute atomic E-state index is 0. The molecule has 0 aliphatic carbocycles. The summed E-state index contributed by atoms with van der Waals surface area (Å²) in [6.45, 7) is 1.87. The van der Waals surface area contributed by atoms with Crippen LogP contribution in [0.2, 0.25) is 0 Å². The summed E-state index contributed by atoms with van der Waals surface area (Å²) in [6, 6.07) is -0.171. The topological polar surface area (TPSA) is 52.5 Å². The van der Waals surface area contributed by atoms with Crippen LogP contribution >= 0.6 is 17.0 Å². The monoisotopic (exact) mass is 213 g/mol. The highest BCUT2D eigenvalue weighted by Crippen LogP contribution is 1.95. The maximum atomic E-state index is 9.10. The number of nitrogens with one attached hydrogen (secondary N) is 1. The molecule has 10 heavy (non-hydrogen) atoms. The fourth-order valence-electron chi connectivity index (χ4n) is 0.690. The van der Waals surface area contributed by atoms with E-state index in [0.717, 1.165) is 0 Å². The number of likely N-dealkylation sites (N-methyl/N-ethyl adjacent to an activating group) is 1. The fourth-order valence-corrected chi connectivity index (χ4v) is 0.690. The molecule has 0 aliphatic heterocycles. The van der Waals surface area contributed by atoms with E-state index in [0.29, 0.717) is 6.42 Å². The average Bonchev–Trinajstić information content (AvgIpc) is 1.90. The van der Waals surface area contributed by atoms with Crippen LogP contribution in [0.4, 0.5) is 0 Å². The van der Waals surface area contributed by atoms with Crippen molar-refractivity contribution in [3.8, 4) is 0 Å². The van der Waals surface area contributed by atoms with Crippen molar-refractivity contribution in [1.29, 1.82) is 0 Å². The van der Waals surface area contributed by atoms with Gasteiger partial charge in [-0.3, -0.25) is 0 Å². The zero-order valence-electron chi connectivity index (χ0n) is 6.37. The number of rotatable bonds is 4. The van der Waals surface area contributed by atoms with Crippen molar-refractivity contribution in [2.75, 3.05) is 13.7 Å². The molecule has 0 aliphatic rings. The number of hydrogen-bond donors (Lipinski definition) is 3. The minimum atomic E-state index is -0.431. The first-order valence-corrected chi connectivity index (χ1v) is 3.22. The predicted octanol–water partition coefficient (Wildman–Crippen LogP) is -0.0845. The van der Waals surface area contributed by atoms with E-state index in [2.05, 4.69) is 5.32 Å². The summed E-state index contributed by atoms with van der Waals surface area (Å²) in [7, 11) is 1.72. The third-order valence-electron chi connectivity index (χ3n) is 1.45. The minimum Gasteiger partial charge on any atom is -0.395 e. The highest BCUT2D eigenvalue weighted by atomic mass is 79.9. The van der Waals surface area contributed by atoms with Gasteiger partial charge in [0.25, 0.3) is 0 Å². The van der Waals surface area contributed by atoms with E-state index in [4.69, 9.17) is 10.2 Å². The maximum absolute atomic E-state index is 9.10. The predicted molar refractivity (Wildman–Crippen MR) is 46.6 cm³/mol. The van der Waals surface area contributed by atoms with Gasteiger partial charge in [0, 0.05) is 0 Å². The molecule has 0 fully saturated rings. The van der Waals surface area contributed by atoms with Crippen LogP contribution in [0.3, 0.4) is 0 Å². The molecule has 0 heterocycles. The smallest absolute Gasteiger partial charge is 0.0712 e. The zero-order valence-corrected chi connectivity index (χ0v) is 8.08. The maximum Gasteiger partial charge on any atom is 0.0712 e. The van der Waals surface area contributed by atoms with Crippen molar-refractivity contribution in [2.24, 2.45) is 0 Å². The zero-order chi connectivity index (χ0) is 7.28. The first-order chi connectivity index (χ1) is 4.26. The van der Waals surface area contributed by atoms with E-state index in [1.54, 1.807) is 7.05 Å². The van der Waals surface area contributed by atoms with Crippen molar-refractivity contribution in [3.05, 3.63) is 0 Å². The van der Waals surface area contributed by atoms with E-state index in [9.17, 15) is 0 Å². The summed E-state index contributed by atoms with van der Waals surface area (Å²) in [5, 5.41) is 20.5. The third-order valence-corrected chi connectivity index (χ3v) is 1.45. The third kappa shape index (κ3) is 4.22. The van der Waals surface area contributed by atoms with Crippen LogP contribution in [0.5, 0.6) is 0 Å². The van der Waals surface area contributed by atoms with E-state index in [-0.39, 0.29) is 29.6 Å². The van der Waals surface area contributed by atoms with Crippen LogP contribution in [0.1, 0.15) is 13.3 Å². The van der Waals surface area contributed by atoms with Crippen molar-refractivity contribution < 1.29 is 10.2 Å². The highest BCUT2D eigenvalue weighted by Gasteiger charge is 2.12. The average molecular weight is 214 g/mol. The van der Waals surface area contributed by atoms with Crippen LogP contribution in [-0.2, 0) is 0 Å². The lowest BCUT2D eigenvalue weighted by molar-refractivity contribution is 0.0911. The molecule has 0 amide bonds. The van der Waals surface area contributed by atoms with Gasteiger partial charge >= 0.3 is 0 Å². The largest absolute Gasteiger partial charge is 0.395 e. The molecule has 0 rings (SSSR count). The van der Waals surface area contributed by atoms with Gasteiger partial charge < -0.3 is 15.5 Å². The van der Waals surface area contributed by atoms with Gasteiger partial charge in [-0.1, -0.05) is 6.92 Å². The summed E-state index contributed by atoms with van der Waals surface area (Å²) in [4.78, 5) is 0. The molecule has 0 aromatic rings. The lowest BCUT2D eigenvalue weighted by atomic mass is 10.1. The molecule has 0 aromatic carbocycles. The molecule has 0 saturated carbocycles. The van der Waals surface area contributed by atoms with Gasteiger partial charge in [0.05, 0.1) is 18.8 Å². The van der Waals surface area contributed by atoms with Crippen molar-refractivity contribution in [1.82, 2.24) is 5.32 Å². The normalized spacial score (nSPS) is 15.6. The highest BCUT2D eigenvalue weighted by molar-refractivity contribution is 8.93. The van der Waals surface area contributed by atoms with E-state index in [1.165, 1.54) is 0 Å². The Labute approximate surface area is 72.2 Å². The SMILES string of the molecule is Br.CCC(O)C(CO)NC. The summed E-state index contributed by atoms with van der Waals surface area (Å²) >= 11 is 0. The molecule has 0 bridgehead atoms. The van der Waals surface area contributed by atoms with Crippen molar-refractivity contribution >= 4 is 17.0 Å². The Balaban J connectivity index is 0. The van der Waals surface area contributed by atoms with Gasteiger partial charge in [0.1, 0.15) is 0 Å². The van der Waals surface area contributed by atoms with Crippen LogP contribution in [0.25, 0.3) is 0 Å². The Kier molecular flexibility index (Phi) is 9.70. The summed E-state index contributed by atoms with van der Waals surface area (Å²) in [6.07, 6.45) is 0.242. The lowest BCUT2D eigenvalue weighted by Crippen LogP contribution is -2.40. The molecule has 0 aromatic heterocycles. The molecule has 0 saturated heterocycles. The Hall–Kier alpha value is 0.360. The van der Waals surface area contributed by atoms with Gasteiger partial charge in [-0.15, -0.1) is 17.0 Å². The second-order valence-corrected chi connectivity index (χ2v) is 2.05. The Morgan fingerprint density at radius 2 is 2.00 bits per heavy atom. The first kappa shape index (κ1) is 13.0. The second kappa shape index (κ2) is 7.47. The Bertz CT molecular complexity index is 68.8. The van der Waals surface area contributed by atoms with Crippen molar-refractivity contribution in [2.45, 2.75) is 25.5 Å². The van der Waals surface area contributed by atoms with Crippen LogP contribution in [0.15, 0.2) is 0 Å². The molecule has 2 unspecified atom stereocenters. The molecular weight excluding hydrogens is 198 g/mol. The number of aliphatic hydroxyl groups excluding tert-OH is 2. The summed E-state index contributed by atoms with van der Waals surface area (Å²) < 4.78 is 0. The van der Waals surface area contributed by atoms with E-state index in [1.807, 2.05) is 6.92 Å². The molecule has 0 spiro atoms. The summed E-state index contributed by atoms with van der Waals surface area (Å²) in [5.41, 5.74) is 0. The van der Waals surface area contributed by atoms with Crippen LogP contribution in [-0.4, -0.2) is 36.0 Å².